The lowest BCUT2D eigenvalue weighted by Crippen LogP contribution is -2.30. The van der Waals surface area contributed by atoms with Gasteiger partial charge in [-0.25, -0.2) is 4.79 Å². The SMILES string of the molecule is Cc1[nH]c2ccc(OC(F)(F)F)cc2c1CCNC(=O)c1cc2cc(Cl)ccc2oc1=O. The molecule has 0 saturated carbocycles. The number of ether oxygens (including phenoxy) is 1. The first kappa shape index (κ1) is 21.8. The maximum absolute atomic E-state index is 12.5. The van der Waals surface area contributed by atoms with E-state index in [1.807, 2.05) is 0 Å². The highest BCUT2D eigenvalue weighted by Gasteiger charge is 2.31. The van der Waals surface area contributed by atoms with Crippen LogP contribution in [0.4, 0.5) is 13.2 Å². The molecule has 0 unspecified atom stereocenters. The number of hydrogen-bond acceptors (Lipinski definition) is 4. The number of aryl methyl sites for hydroxylation is 1. The normalized spacial score (nSPS) is 11.8. The topological polar surface area (TPSA) is 84.3 Å². The van der Waals surface area contributed by atoms with E-state index in [1.54, 1.807) is 19.1 Å². The fraction of sp³-hybridized carbons (Fsp3) is 0.182. The van der Waals surface area contributed by atoms with Crippen molar-refractivity contribution in [1.29, 1.82) is 0 Å². The average Bonchev–Trinajstić information content (AvgIpc) is 3.01. The zero-order valence-electron chi connectivity index (χ0n) is 16.6. The maximum Gasteiger partial charge on any atom is 0.573 e. The summed E-state index contributed by atoms with van der Waals surface area (Å²) in [6, 6.07) is 10.1. The molecule has 2 N–H and O–H groups in total. The Balaban J connectivity index is 1.52. The van der Waals surface area contributed by atoms with Crippen LogP contribution in [0.3, 0.4) is 0 Å². The van der Waals surface area contributed by atoms with Gasteiger partial charge in [0.05, 0.1) is 0 Å². The smallest absolute Gasteiger partial charge is 0.422 e. The molecule has 6 nitrogen and oxygen atoms in total. The molecule has 0 aliphatic rings. The monoisotopic (exact) mass is 464 g/mol. The van der Waals surface area contributed by atoms with E-state index in [0.29, 0.717) is 33.3 Å². The number of H-pyrrole nitrogens is 1. The number of hydrogen-bond donors (Lipinski definition) is 2. The van der Waals surface area contributed by atoms with Crippen LogP contribution in [0, 0.1) is 6.92 Å². The molecular formula is C22H16ClF3N2O4. The van der Waals surface area contributed by atoms with Crippen LogP contribution in [0.5, 0.6) is 5.75 Å². The number of aromatic nitrogens is 1. The first-order chi connectivity index (χ1) is 15.1. The number of rotatable bonds is 5. The first-order valence-corrected chi connectivity index (χ1v) is 9.87. The number of amides is 1. The fourth-order valence-electron chi connectivity index (χ4n) is 3.53. The van der Waals surface area contributed by atoms with E-state index in [1.165, 1.54) is 30.3 Å². The summed E-state index contributed by atoms with van der Waals surface area (Å²) in [5, 5.41) is 4.14. The molecule has 32 heavy (non-hydrogen) atoms. The van der Waals surface area contributed by atoms with E-state index in [-0.39, 0.29) is 17.9 Å². The molecule has 1 amide bonds. The van der Waals surface area contributed by atoms with E-state index < -0.39 is 17.9 Å². The lowest BCUT2D eigenvalue weighted by Gasteiger charge is -2.09. The lowest BCUT2D eigenvalue weighted by atomic mass is 10.1. The number of carbonyl (C=O) groups is 1. The van der Waals surface area contributed by atoms with Crippen LogP contribution in [0.1, 0.15) is 21.6 Å². The van der Waals surface area contributed by atoms with Gasteiger partial charge < -0.3 is 19.5 Å². The summed E-state index contributed by atoms with van der Waals surface area (Å²) in [4.78, 5) is 27.8. The number of fused-ring (bicyclic) bond motifs is 2. The summed E-state index contributed by atoms with van der Waals surface area (Å²) < 4.78 is 46.8. The largest absolute Gasteiger partial charge is 0.573 e. The predicted molar refractivity (Wildman–Crippen MR) is 113 cm³/mol. The molecule has 4 aromatic rings. The second-order valence-electron chi connectivity index (χ2n) is 7.12. The van der Waals surface area contributed by atoms with Gasteiger partial charge >= 0.3 is 12.0 Å². The highest BCUT2D eigenvalue weighted by molar-refractivity contribution is 6.31. The second-order valence-corrected chi connectivity index (χ2v) is 7.56. The molecular weight excluding hydrogens is 449 g/mol. The van der Waals surface area contributed by atoms with Gasteiger partial charge in [-0.3, -0.25) is 4.79 Å². The molecule has 0 saturated heterocycles. The van der Waals surface area contributed by atoms with Crippen LogP contribution in [-0.2, 0) is 6.42 Å². The quantitative estimate of drug-likeness (QED) is 0.402. The van der Waals surface area contributed by atoms with Crippen LogP contribution < -0.4 is 15.7 Å². The summed E-state index contributed by atoms with van der Waals surface area (Å²) in [7, 11) is 0. The van der Waals surface area contributed by atoms with Crippen LogP contribution in [0.2, 0.25) is 5.02 Å². The Hall–Kier alpha value is -3.46. The standard InChI is InChI=1S/C22H16ClF3N2O4/c1-11-15(16-10-14(32-22(24,25)26)3-4-18(16)28-11)6-7-27-20(29)17-9-12-8-13(23)2-5-19(12)31-21(17)30/h2-5,8-10,28H,6-7H2,1H3,(H,27,29). The summed E-state index contributed by atoms with van der Waals surface area (Å²) in [5.41, 5.74) is 1.47. The molecule has 2 aromatic heterocycles. The van der Waals surface area contributed by atoms with Gasteiger partial charge in [0.15, 0.2) is 0 Å². The molecule has 166 valence electrons. The van der Waals surface area contributed by atoms with Crippen molar-refractivity contribution >= 4 is 39.4 Å². The highest BCUT2D eigenvalue weighted by Crippen LogP contribution is 2.30. The maximum atomic E-state index is 12.5. The summed E-state index contributed by atoms with van der Waals surface area (Å²) in [6.07, 6.45) is -4.48. The number of carbonyl (C=O) groups excluding carboxylic acids is 1. The van der Waals surface area contributed by atoms with Gasteiger partial charge in [0.2, 0.25) is 0 Å². The molecule has 0 radical (unpaired) electrons. The van der Waals surface area contributed by atoms with Crippen molar-refractivity contribution in [2.24, 2.45) is 0 Å². The van der Waals surface area contributed by atoms with Crippen molar-refractivity contribution in [3.63, 3.8) is 0 Å². The van der Waals surface area contributed by atoms with Gasteiger partial charge in [-0.05, 0) is 61.4 Å². The number of halogens is 4. The van der Waals surface area contributed by atoms with Gasteiger partial charge in [-0.2, -0.15) is 0 Å². The van der Waals surface area contributed by atoms with Crippen molar-refractivity contribution in [2.45, 2.75) is 19.7 Å². The number of nitrogens with one attached hydrogen (secondary N) is 2. The molecule has 4 rings (SSSR count). The van der Waals surface area contributed by atoms with Crippen molar-refractivity contribution in [2.75, 3.05) is 6.54 Å². The minimum absolute atomic E-state index is 0.143. The zero-order valence-corrected chi connectivity index (χ0v) is 17.4. The fourth-order valence-corrected chi connectivity index (χ4v) is 3.71. The Bertz CT molecular complexity index is 1390. The highest BCUT2D eigenvalue weighted by atomic mass is 35.5. The summed E-state index contributed by atoms with van der Waals surface area (Å²) in [6.45, 7) is 1.92. The molecule has 0 bridgehead atoms. The van der Waals surface area contributed by atoms with Crippen molar-refractivity contribution in [1.82, 2.24) is 10.3 Å². The molecule has 10 heteroatoms. The molecule has 0 fully saturated rings. The Labute approximate surface area is 183 Å². The molecule has 0 aliphatic carbocycles. The van der Waals surface area contributed by atoms with Crippen molar-refractivity contribution < 1.29 is 27.1 Å². The molecule has 2 heterocycles. The third-order valence-electron chi connectivity index (χ3n) is 4.92. The average molecular weight is 465 g/mol. The Morgan fingerprint density at radius 3 is 2.72 bits per heavy atom. The number of benzene rings is 2. The van der Waals surface area contributed by atoms with Crippen LogP contribution >= 0.6 is 11.6 Å². The van der Waals surface area contributed by atoms with Crippen molar-refractivity contribution in [3.05, 3.63) is 74.7 Å². The molecule has 0 spiro atoms. The van der Waals surface area contributed by atoms with Gasteiger partial charge in [0.1, 0.15) is 16.9 Å². The summed E-state index contributed by atoms with van der Waals surface area (Å²) in [5.74, 6) is -0.957. The van der Waals surface area contributed by atoms with Gasteiger partial charge in [-0.1, -0.05) is 11.6 Å². The van der Waals surface area contributed by atoms with Crippen LogP contribution in [-0.4, -0.2) is 23.8 Å². The lowest BCUT2D eigenvalue weighted by molar-refractivity contribution is -0.274. The number of aromatic amines is 1. The number of alkyl halides is 3. The van der Waals surface area contributed by atoms with E-state index >= 15 is 0 Å². The van der Waals surface area contributed by atoms with E-state index in [2.05, 4.69) is 15.0 Å². The zero-order chi connectivity index (χ0) is 23.0. The predicted octanol–water partition coefficient (Wildman–Crippen LogP) is 5.11. The molecule has 2 aromatic carbocycles. The van der Waals surface area contributed by atoms with Gasteiger partial charge in [0, 0.05) is 33.6 Å². The second kappa shape index (κ2) is 8.23. The Morgan fingerprint density at radius 2 is 1.97 bits per heavy atom. The first-order valence-electron chi connectivity index (χ1n) is 9.49. The van der Waals surface area contributed by atoms with E-state index in [9.17, 15) is 22.8 Å². The van der Waals surface area contributed by atoms with Gasteiger partial charge in [-0.15, -0.1) is 13.2 Å². The Morgan fingerprint density at radius 1 is 1.19 bits per heavy atom. The molecule has 0 atom stereocenters. The van der Waals surface area contributed by atoms with Crippen molar-refractivity contribution in [3.8, 4) is 5.75 Å². The Kier molecular flexibility index (Phi) is 5.60. The van der Waals surface area contributed by atoms with E-state index in [4.69, 9.17) is 16.0 Å². The molecule has 0 aliphatic heterocycles. The van der Waals surface area contributed by atoms with Crippen LogP contribution in [0.15, 0.2) is 51.7 Å². The van der Waals surface area contributed by atoms with Crippen LogP contribution in [0.25, 0.3) is 21.9 Å². The third-order valence-corrected chi connectivity index (χ3v) is 5.16. The third kappa shape index (κ3) is 4.57. The minimum atomic E-state index is -4.79. The van der Waals surface area contributed by atoms with E-state index in [0.717, 1.165) is 11.3 Å². The van der Waals surface area contributed by atoms with Gasteiger partial charge in [0.25, 0.3) is 5.91 Å². The summed E-state index contributed by atoms with van der Waals surface area (Å²) >= 11 is 5.95. The minimum Gasteiger partial charge on any atom is -0.422 e.